The van der Waals surface area contributed by atoms with E-state index in [1.54, 1.807) is 18.2 Å². The first kappa shape index (κ1) is 16.6. The molecule has 3 rings (SSSR count). The van der Waals surface area contributed by atoms with Gasteiger partial charge < -0.3 is 20.1 Å². The second kappa shape index (κ2) is 8.04. The molecule has 1 saturated carbocycles. The van der Waals surface area contributed by atoms with Crippen LogP contribution in [-0.4, -0.2) is 38.5 Å². The average Bonchev–Trinajstić information content (AvgIpc) is 3.02. The molecule has 3 unspecified atom stereocenters. The quantitative estimate of drug-likeness (QED) is 0.843. The van der Waals surface area contributed by atoms with E-state index in [2.05, 4.69) is 15.4 Å². The lowest BCUT2D eigenvalue weighted by atomic mass is 9.94. The molecule has 0 aromatic heterocycles. The van der Waals surface area contributed by atoms with Gasteiger partial charge in [-0.05, 0) is 36.5 Å². The molecule has 6 heteroatoms. The van der Waals surface area contributed by atoms with E-state index >= 15 is 0 Å². The van der Waals surface area contributed by atoms with Gasteiger partial charge in [-0.3, -0.25) is 0 Å². The van der Waals surface area contributed by atoms with E-state index in [0.29, 0.717) is 24.5 Å². The largest absolute Gasteiger partial charge is 0.435 e. The fourth-order valence-corrected chi connectivity index (χ4v) is 3.67. The minimum Gasteiger partial charge on any atom is -0.435 e. The summed E-state index contributed by atoms with van der Waals surface area (Å²) in [6, 6.07) is 7.75. The highest BCUT2D eigenvalue weighted by molar-refractivity contribution is 5.28. The Kier molecular flexibility index (Phi) is 5.80. The van der Waals surface area contributed by atoms with Gasteiger partial charge in [0.15, 0.2) is 0 Å². The summed E-state index contributed by atoms with van der Waals surface area (Å²) in [6.45, 7) is 0.365. The van der Waals surface area contributed by atoms with Crippen LogP contribution in [0.1, 0.15) is 24.8 Å². The molecule has 1 aromatic carbocycles. The zero-order chi connectivity index (χ0) is 16.1. The van der Waals surface area contributed by atoms with Crippen molar-refractivity contribution in [3.63, 3.8) is 0 Å². The second-order valence-electron chi connectivity index (χ2n) is 6.24. The normalized spacial score (nSPS) is 28.2. The number of hydrogen-bond acceptors (Lipinski definition) is 4. The summed E-state index contributed by atoms with van der Waals surface area (Å²) >= 11 is 0. The molecule has 2 fully saturated rings. The van der Waals surface area contributed by atoms with Crippen LogP contribution in [0.2, 0.25) is 0 Å². The molecule has 1 aliphatic heterocycles. The molecule has 1 saturated heterocycles. The number of rotatable bonds is 6. The minimum atomic E-state index is -2.78. The zero-order valence-corrected chi connectivity index (χ0v) is 13.1. The fourth-order valence-electron chi connectivity index (χ4n) is 3.67. The van der Waals surface area contributed by atoms with Crippen molar-refractivity contribution < 1.29 is 18.3 Å². The van der Waals surface area contributed by atoms with Crippen molar-refractivity contribution in [3.05, 3.63) is 29.8 Å². The number of nitrogens with one attached hydrogen (secondary N) is 2. The van der Waals surface area contributed by atoms with E-state index in [-0.39, 0.29) is 5.75 Å². The molecule has 128 valence electrons. The van der Waals surface area contributed by atoms with Gasteiger partial charge in [0.25, 0.3) is 0 Å². The SMILES string of the molecule is FC(F)Oc1cccc(CNC2CCCC2C2COCCN2)c1. The van der Waals surface area contributed by atoms with Crippen LogP contribution in [-0.2, 0) is 11.3 Å². The Balaban J connectivity index is 1.54. The van der Waals surface area contributed by atoms with Gasteiger partial charge in [0.1, 0.15) is 5.75 Å². The molecule has 4 nitrogen and oxygen atoms in total. The number of halogens is 2. The van der Waals surface area contributed by atoms with E-state index in [4.69, 9.17) is 4.74 Å². The van der Waals surface area contributed by atoms with Gasteiger partial charge in [0, 0.05) is 25.2 Å². The van der Waals surface area contributed by atoms with Crippen LogP contribution in [0.25, 0.3) is 0 Å². The third kappa shape index (κ3) is 4.62. The van der Waals surface area contributed by atoms with Crippen molar-refractivity contribution >= 4 is 0 Å². The highest BCUT2D eigenvalue weighted by Gasteiger charge is 2.34. The van der Waals surface area contributed by atoms with Gasteiger partial charge in [-0.2, -0.15) is 8.78 Å². The maximum atomic E-state index is 12.3. The molecule has 0 radical (unpaired) electrons. The van der Waals surface area contributed by atoms with Gasteiger partial charge in [0.05, 0.1) is 13.2 Å². The molecule has 0 bridgehead atoms. The van der Waals surface area contributed by atoms with Crippen molar-refractivity contribution in [1.82, 2.24) is 10.6 Å². The average molecular weight is 326 g/mol. The van der Waals surface area contributed by atoms with Gasteiger partial charge in [-0.25, -0.2) is 0 Å². The Bertz CT molecular complexity index is 495. The molecule has 0 amide bonds. The fraction of sp³-hybridized carbons (Fsp3) is 0.647. The second-order valence-corrected chi connectivity index (χ2v) is 6.24. The van der Waals surface area contributed by atoms with Crippen LogP contribution in [0, 0.1) is 5.92 Å². The first-order chi connectivity index (χ1) is 11.2. The summed E-state index contributed by atoms with van der Waals surface area (Å²) in [4.78, 5) is 0. The molecule has 0 spiro atoms. The molecular formula is C17H24F2N2O2. The maximum Gasteiger partial charge on any atom is 0.387 e. The number of alkyl halides is 2. The van der Waals surface area contributed by atoms with Crippen LogP contribution >= 0.6 is 0 Å². The third-order valence-corrected chi connectivity index (χ3v) is 4.73. The lowest BCUT2D eigenvalue weighted by Crippen LogP contribution is -2.50. The first-order valence-corrected chi connectivity index (χ1v) is 8.30. The summed E-state index contributed by atoms with van der Waals surface area (Å²) in [5.41, 5.74) is 0.960. The Morgan fingerprint density at radius 2 is 2.26 bits per heavy atom. The maximum absolute atomic E-state index is 12.3. The number of morpholine rings is 1. The Hall–Kier alpha value is -1.24. The molecule has 2 N–H and O–H groups in total. The van der Waals surface area contributed by atoms with Crippen LogP contribution in [0.3, 0.4) is 0 Å². The number of hydrogen-bond donors (Lipinski definition) is 2. The molecule has 1 aliphatic carbocycles. The smallest absolute Gasteiger partial charge is 0.387 e. The Labute approximate surface area is 135 Å². The third-order valence-electron chi connectivity index (χ3n) is 4.73. The van der Waals surface area contributed by atoms with Crippen molar-refractivity contribution in [1.29, 1.82) is 0 Å². The summed E-state index contributed by atoms with van der Waals surface area (Å²) in [7, 11) is 0. The lowest BCUT2D eigenvalue weighted by Gasteiger charge is -2.33. The highest BCUT2D eigenvalue weighted by atomic mass is 19.3. The molecular weight excluding hydrogens is 302 g/mol. The summed E-state index contributed by atoms with van der Waals surface area (Å²) in [6.07, 6.45) is 3.57. The van der Waals surface area contributed by atoms with Gasteiger partial charge in [-0.15, -0.1) is 0 Å². The van der Waals surface area contributed by atoms with Crippen molar-refractivity contribution in [2.75, 3.05) is 19.8 Å². The van der Waals surface area contributed by atoms with Gasteiger partial charge in [0.2, 0.25) is 0 Å². The minimum absolute atomic E-state index is 0.213. The predicted molar refractivity (Wildman–Crippen MR) is 83.7 cm³/mol. The predicted octanol–water partition coefficient (Wildman–Crippen LogP) is 2.53. The Morgan fingerprint density at radius 3 is 3.04 bits per heavy atom. The first-order valence-electron chi connectivity index (χ1n) is 8.30. The monoisotopic (exact) mass is 326 g/mol. The standard InChI is InChI=1S/C17H24F2N2O2/c18-17(19)23-13-4-1-3-12(9-13)10-21-15-6-2-5-14(15)16-11-22-8-7-20-16/h1,3-4,9,14-17,20-21H,2,5-8,10-11H2. The van der Waals surface area contributed by atoms with E-state index in [1.807, 2.05) is 6.07 Å². The van der Waals surface area contributed by atoms with E-state index in [9.17, 15) is 8.78 Å². The van der Waals surface area contributed by atoms with Crippen molar-refractivity contribution in [2.45, 2.75) is 44.5 Å². The van der Waals surface area contributed by atoms with E-state index in [1.165, 1.54) is 12.8 Å². The topological polar surface area (TPSA) is 42.5 Å². The lowest BCUT2D eigenvalue weighted by molar-refractivity contribution is -0.0498. The van der Waals surface area contributed by atoms with E-state index < -0.39 is 6.61 Å². The summed E-state index contributed by atoms with van der Waals surface area (Å²) < 4.78 is 34.6. The Morgan fingerprint density at radius 1 is 1.35 bits per heavy atom. The van der Waals surface area contributed by atoms with Crippen LogP contribution in [0.4, 0.5) is 8.78 Å². The highest BCUT2D eigenvalue weighted by Crippen LogP contribution is 2.30. The molecule has 3 atom stereocenters. The van der Waals surface area contributed by atoms with Crippen molar-refractivity contribution in [2.24, 2.45) is 5.92 Å². The number of ether oxygens (including phenoxy) is 2. The van der Waals surface area contributed by atoms with Crippen LogP contribution in [0.5, 0.6) is 5.75 Å². The van der Waals surface area contributed by atoms with Crippen molar-refractivity contribution in [3.8, 4) is 5.75 Å². The van der Waals surface area contributed by atoms with Crippen LogP contribution in [0.15, 0.2) is 24.3 Å². The summed E-state index contributed by atoms with van der Waals surface area (Å²) in [5.74, 6) is 0.778. The molecule has 2 aliphatic rings. The molecule has 1 aromatic rings. The van der Waals surface area contributed by atoms with Crippen LogP contribution < -0.4 is 15.4 Å². The number of benzene rings is 1. The van der Waals surface area contributed by atoms with Gasteiger partial charge in [-0.1, -0.05) is 18.6 Å². The van der Waals surface area contributed by atoms with Gasteiger partial charge >= 0.3 is 6.61 Å². The zero-order valence-electron chi connectivity index (χ0n) is 13.1. The van der Waals surface area contributed by atoms with E-state index in [0.717, 1.165) is 31.7 Å². The molecule has 1 heterocycles. The molecule has 23 heavy (non-hydrogen) atoms. The summed E-state index contributed by atoms with van der Waals surface area (Å²) in [5, 5.41) is 7.14.